The summed E-state index contributed by atoms with van der Waals surface area (Å²) in [7, 11) is 2.70. The van der Waals surface area contributed by atoms with Crippen LogP contribution in [0.4, 0.5) is 0 Å². The quantitative estimate of drug-likeness (QED) is 0.576. The van der Waals surface area contributed by atoms with E-state index in [9.17, 15) is 5.11 Å². The van der Waals surface area contributed by atoms with Crippen LogP contribution >= 0.6 is 9.24 Å². The predicted octanol–water partition coefficient (Wildman–Crippen LogP) is 2.40. The second kappa shape index (κ2) is 2.07. The minimum absolute atomic E-state index is 0.0880. The molecule has 2 aliphatic rings. The van der Waals surface area contributed by atoms with Gasteiger partial charge in [-0.25, -0.2) is 0 Å². The fourth-order valence-electron chi connectivity index (χ4n) is 3.29. The summed E-state index contributed by atoms with van der Waals surface area (Å²) in [5.74, 6) is 0.727. The van der Waals surface area contributed by atoms with E-state index in [1.807, 2.05) is 0 Å². The molecular weight excluding hydrogens is 167 g/mol. The van der Waals surface area contributed by atoms with Gasteiger partial charge < -0.3 is 5.11 Å². The SMILES string of the molecule is CC12CCC(C1)C(C)(C)C2(O)P. The van der Waals surface area contributed by atoms with Crippen LogP contribution in [0.3, 0.4) is 0 Å². The van der Waals surface area contributed by atoms with Gasteiger partial charge in [0, 0.05) is 10.8 Å². The van der Waals surface area contributed by atoms with Gasteiger partial charge in [-0.2, -0.15) is 0 Å². The number of hydrogen-bond acceptors (Lipinski definition) is 1. The number of fused-ring (bicyclic) bond motifs is 2. The third-order valence-corrected chi connectivity index (χ3v) is 6.11. The van der Waals surface area contributed by atoms with Gasteiger partial charge in [-0.15, -0.1) is 9.24 Å². The Kier molecular flexibility index (Phi) is 1.54. The maximum absolute atomic E-state index is 10.4. The van der Waals surface area contributed by atoms with Crippen LogP contribution in [-0.2, 0) is 0 Å². The summed E-state index contributed by atoms with van der Waals surface area (Å²) in [4.78, 5) is 0. The molecule has 0 amide bonds. The first kappa shape index (κ1) is 8.97. The summed E-state index contributed by atoms with van der Waals surface area (Å²) in [6.45, 7) is 6.64. The lowest BCUT2D eigenvalue weighted by Gasteiger charge is -2.48. The zero-order valence-corrected chi connectivity index (χ0v) is 9.38. The minimum atomic E-state index is -0.539. The summed E-state index contributed by atoms with van der Waals surface area (Å²) in [6, 6.07) is 0. The largest absolute Gasteiger partial charge is 0.385 e. The smallest absolute Gasteiger partial charge is 0.0884 e. The summed E-state index contributed by atoms with van der Waals surface area (Å²) < 4.78 is 0. The van der Waals surface area contributed by atoms with Crippen LogP contribution < -0.4 is 0 Å². The Morgan fingerprint density at radius 3 is 2.17 bits per heavy atom. The zero-order chi connectivity index (χ0) is 9.20. The fraction of sp³-hybridized carbons (Fsp3) is 1.00. The summed E-state index contributed by atoms with van der Waals surface area (Å²) in [5, 5.41) is 9.90. The molecule has 1 nitrogen and oxygen atoms in total. The molecule has 2 saturated carbocycles. The van der Waals surface area contributed by atoms with Crippen molar-refractivity contribution in [2.45, 2.75) is 45.4 Å². The highest BCUT2D eigenvalue weighted by molar-refractivity contribution is 7.18. The van der Waals surface area contributed by atoms with Crippen molar-refractivity contribution in [1.29, 1.82) is 0 Å². The fourth-order valence-corrected chi connectivity index (χ4v) is 3.79. The minimum Gasteiger partial charge on any atom is -0.385 e. The second-order valence-electron chi connectivity index (χ2n) is 5.49. The lowest BCUT2D eigenvalue weighted by atomic mass is 9.69. The maximum Gasteiger partial charge on any atom is 0.0884 e. The van der Waals surface area contributed by atoms with Crippen molar-refractivity contribution < 1.29 is 5.11 Å². The molecule has 2 heteroatoms. The van der Waals surface area contributed by atoms with Crippen LogP contribution in [0.5, 0.6) is 0 Å². The summed E-state index contributed by atoms with van der Waals surface area (Å²) in [6.07, 6.45) is 3.71. The lowest BCUT2D eigenvalue weighted by Crippen LogP contribution is -2.48. The summed E-state index contributed by atoms with van der Waals surface area (Å²) in [5.41, 5.74) is 0.247. The van der Waals surface area contributed by atoms with E-state index < -0.39 is 5.34 Å². The van der Waals surface area contributed by atoms with Gasteiger partial charge in [0.1, 0.15) is 0 Å². The average molecular weight is 186 g/mol. The molecule has 1 N–H and O–H groups in total. The van der Waals surface area contributed by atoms with Crippen molar-refractivity contribution >= 4 is 9.24 Å². The predicted molar refractivity (Wildman–Crippen MR) is 53.9 cm³/mol. The topological polar surface area (TPSA) is 20.2 Å². The van der Waals surface area contributed by atoms with Crippen molar-refractivity contribution in [3.8, 4) is 0 Å². The third-order valence-electron chi connectivity index (χ3n) is 4.66. The van der Waals surface area contributed by atoms with Crippen LogP contribution in [0.2, 0.25) is 0 Å². The van der Waals surface area contributed by atoms with Gasteiger partial charge in [-0.05, 0) is 25.2 Å². The Morgan fingerprint density at radius 1 is 1.33 bits per heavy atom. The Labute approximate surface area is 77.1 Å². The standard InChI is InChI=1S/C10H19OP/c1-8(2)7-4-5-9(3,6-7)10(8,11)12/h7,11H,4-6,12H2,1-3H3. The van der Waals surface area contributed by atoms with Gasteiger partial charge in [0.15, 0.2) is 0 Å². The number of rotatable bonds is 0. The van der Waals surface area contributed by atoms with E-state index in [1.54, 1.807) is 0 Å². The number of aliphatic hydroxyl groups is 1. The first-order valence-electron chi connectivity index (χ1n) is 4.82. The highest BCUT2D eigenvalue weighted by Gasteiger charge is 2.66. The molecule has 0 saturated heterocycles. The Balaban J connectivity index is 2.46. The molecule has 12 heavy (non-hydrogen) atoms. The van der Waals surface area contributed by atoms with Crippen LogP contribution in [0.25, 0.3) is 0 Å². The maximum atomic E-state index is 10.4. The van der Waals surface area contributed by atoms with Gasteiger partial charge in [-0.3, -0.25) is 0 Å². The van der Waals surface area contributed by atoms with Gasteiger partial charge in [0.25, 0.3) is 0 Å². The number of hydrogen-bond donors (Lipinski definition) is 1. The first-order valence-corrected chi connectivity index (χ1v) is 5.40. The lowest BCUT2D eigenvalue weighted by molar-refractivity contribution is -0.0672. The van der Waals surface area contributed by atoms with Crippen LogP contribution in [0.15, 0.2) is 0 Å². The van der Waals surface area contributed by atoms with Crippen molar-refractivity contribution in [1.82, 2.24) is 0 Å². The molecule has 0 aromatic carbocycles. The van der Waals surface area contributed by atoms with E-state index in [1.165, 1.54) is 19.3 Å². The van der Waals surface area contributed by atoms with E-state index in [4.69, 9.17) is 0 Å². The van der Waals surface area contributed by atoms with Crippen LogP contribution in [0, 0.1) is 16.7 Å². The normalized spacial score (nSPS) is 56.2. The molecule has 2 fully saturated rings. The Hall–Kier alpha value is 0.390. The van der Waals surface area contributed by atoms with Crippen molar-refractivity contribution in [2.75, 3.05) is 0 Å². The molecule has 0 spiro atoms. The van der Waals surface area contributed by atoms with Crippen molar-refractivity contribution in [3.05, 3.63) is 0 Å². The monoisotopic (exact) mass is 186 g/mol. The van der Waals surface area contributed by atoms with Crippen LogP contribution in [-0.4, -0.2) is 10.4 Å². The molecule has 0 heterocycles. The molecule has 70 valence electrons. The molecule has 2 rings (SSSR count). The molecule has 0 aliphatic heterocycles. The molecule has 0 aromatic heterocycles. The van der Waals surface area contributed by atoms with Gasteiger partial charge >= 0.3 is 0 Å². The molecule has 4 atom stereocenters. The molecule has 0 aromatic rings. The van der Waals surface area contributed by atoms with E-state index in [2.05, 4.69) is 30.0 Å². The van der Waals surface area contributed by atoms with Gasteiger partial charge in [-0.1, -0.05) is 20.8 Å². The highest BCUT2D eigenvalue weighted by atomic mass is 31.0. The van der Waals surface area contributed by atoms with E-state index >= 15 is 0 Å². The molecular formula is C10H19OP. The molecule has 2 bridgehead atoms. The van der Waals surface area contributed by atoms with Crippen LogP contribution in [0.1, 0.15) is 40.0 Å². The van der Waals surface area contributed by atoms with E-state index in [0.29, 0.717) is 0 Å². The van der Waals surface area contributed by atoms with Gasteiger partial charge in [0.05, 0.1) is 5.34 Å². The molecule has 0 radical (unpaired) electrons. The Bertz CT molecular complexity index is 215. The highest BCUT2D eigenvalue weighted by Crippen LogP contribution is 2.70. The van der Waals surface area contributed by atoms with Crippen molar-refractivity contribution in [3.63, 3.8) is 0 Å². The van der Waals surface area contributed by atoms with Gasteiger partial charge in [0.2, 0.25) is 0 Å². The zero-order valence-electron chi connectivity index (χ0n) is 8.22. The van der Waals surface area contributed by atoms with E-state index in [0.717, 1.165) is 5.92 Å². The molecule has 4 unspecified atom stereocenters. The third kappa shape index (κ3) is 0.731. The van der Waals surface area contributed by atoms with E-state index in [-0.39, 0.29) is 10.8 Å². The summed E-state index contributed by atoms with van der Waals surface area (Å²) >= 11 is 0. The first-order chi connectivity index (χ1) is 5.31. The Morgan fingerprint density at radius 2 is 1.92 bits per heavy atom. The average Bonchev–Trinajstić information content (AvgIpc) is 2.36. The molecule has 2 aliphatic carbocycles. The van der Waals surface area contributed by atoms with Crippen molar-refractivity contribution in [2.24, 2.45) is 16.7 Å². The second-order valence-corrected chi connectivity index (χ2v) is 6.32.